The second-order valence-electron chi connectivity index (χ2n) is 8.20. The lowest BCUT2D eigenvalue weighted by Gasteiger charge is -2.20. The molecule has 0 aliphatic heterocycles. The molecule has 0 radical (unpaired) electrons. The van der Waals surface area contributed by atoms with Crippen molar-refractivity contribution in [2.75, 3.05) is 7.11 Å². The molecule has 4 aromatic rings. The van der Waals surface area contributed by atoms with Gasteiger partial charge in [0.2, 0.25) is 0 Å². The fourth-order valence-corrected chi connectivity index (χ4v) is 4.59. The first-order valence-electron chi connectivity index (χ1n) is 11.1. The number of hydrogen-bond acceptors (Lipinski definition) is 5. The fraction of sp³-hybridized carbons (Fsp3) is 0.143. The van der Waals surface area contributed by atoms with Crippen LogP contribution in [0.4, 0.5) is 0 Å². The summed E-state index contributed by atoms with van der Waals surface area (Å²) in [6, 6.07) is 18.3. The predicted octanol–water partition coefficient (Wildman–Crippen LogP) is 5.71. The molecule has 2 aromatic carbocycles. The molecule has 0 bridgehead atoms. The first-order chi connectivity index (χ1) is 17.4. The van der Waals surface area contributed by atoms with E-state index in [1.807, 2.05) is 12.1 Å². The van der Waals surface area contributed by atoms with Crippen molar-refractivity contribution in [1.82, 2.24) is 9.55 Å². The largest absolute Gasteiger partial charge is 0.465 e. The van der Waals surface area contributed by atoms with Gasteiger partial charge in [-0.3, -0.25) is 14.6 Å². The average Bonchev–Trinajstić information content (AvgIpc) is 2.89. The van der Waals surface area contributed by atoms with Crippen molar-refractivity contribution in [3.63, 3.8) is 0 Å². The molecule has 2 heterocycles. The maximum atomic E-state index is 13.5. The van der Waals surface area contributed by atoms with E-state index >= 15 is 0 Å². The van der Waals surface area contributed by atoms with E-state index < -0.39 is 12.0 Å². The van der Waals surface area contributed by atoms with Crippen molar-refractivity contribution in [2.45, 2.75) is 18.9 Å². The molecular weight excluding hydrogens is 544 g/mol. The number of carbonyl (C=O) groups excluding carboxylic acids is 2. The van der Waals surface area contributed by atoms with Crippen LogP contribution in [-0.2, 0) is 22.4 Å². The Morgan fingerprint density at radius 1 is 1.06 bits per heavy atom. The zero-order valence-electron chi connectivity index (χ0n) is 19.4. The summed E-state index contributed by atoms with van der Waals surface area (Å²) in [5.41, 5.74) is 3.15. The summed E-state index contributed by atoms with van der Waals surface area (Å²) in [7, 11) is 1.32. The molecule has 0 aliphatic carbocycles. The highest BCUT2D eigenvalue weighted by Gasteiger charge is 2.23. The molecule has 6 nitrogen and oxygen atoms in total. The minimum atomic E-state index is -0.737. The number of rotatable bonds is 8. The van der Waals surface area contributed by atoms with E-state index in [4.69, 9.17) is 16.3 Å². The van der Waals surface area contributed by atoms with Gasteiger partial charge in [0.05, 0.1) is 18.7 Å². The molecule has 182 valence electrons. The predicted molar refractivity (Wildman–Crippen MR) is 142 cm³/mol. The smallest absolute Gasteiger partial charge is 0.337 e. The third kappa shape index (κ3) is 5.98. The third-order valence-electron chi connectivity index (χ3n) is 5.80. The van der Waals surface area contributed by atoms with Gasteiger partial charge in [0.15, 0.2) is 5.78 Å². The van der Waals surface area contributed by atoms with Crippen LogP contribution < -0.4 is 5.56 Å². The molecule has 1 atom stereocenters. The number of esters is 1. The number of methoxy groups -OCH3 is 1. The standard InChI is InChI=1S/C28H22BrClN2O4/c1-36-28(35)20-6-4-18(5-7-20)14-26(33)25(13-19-3-2-11-31-17-19)32-12-10-21(15-27(32)34)23-16-22(30)8-9-24(23)29/h2-12,15-17,25H,13-14H2,1H3. The second-order valence-corrected chi connectivity index (χ2v) is 9.49. The minimum Gasteiger partial charge on any atom is -0.465 e. The highest BCUT2D eigenvalue weighted by Crippen LogP contribution is 2.30. The van der Waals surface area contributed by atoms with Gasteiger partial charge in [-0.2, -0.15) is 0 Å². The zero-order chi connectivity index (χ0) is 25.7. The van der Waals surface area contributed by atoms with E-state index in [9.17, 15) is 14.4 Å². The Kier molecular flexibility index (Phi) is 8.13. The van der Waals surface area contributed by atoms with Crippen LogP contribution >= 0.6 is 27.5 Å². The summed E-state index contributed by atoms with van der Waals surface area (Å²) in [5, 5.41) is 0.556. The fourth-order valence-electron chi connectivity index (χ4n) is 3.94. The molecule has 1 unspecified atom stereocenters. The third-order valence-corrected chi connectivity index (χ3v) is 6.73. The molecule has 4 rings (SSSR count). The van der Waals surface area contributed by atoms with Gasteiger partial charge in [-0.1, -0.05) is 45.7 Å². The summed E-state index contributed by atoms with van der Waals surface area (Å²) >= 11 is 9.66. The van der Waals surface area contributed by atoms with Gasteiger partial charge in [-0.15, -0.1) is 0 Å². The monoisotopic (exact) mass is 564 g/mol. The molecule has 0 saturated heterocycles. The summed E-state index contributed by atoms with van der Waals surface area (Å²) in [6.07, 6.45) is 5.40. The van der Waals surface area contributed by atoms with E-state index in [0.29, 0.717) is 22.6 Å². The lowest BCUT2D eigenvalue weighted by atomic mass is 9.97. The number of hydrogen-bond donors (Lipinski definition) is 0. The van der Waals surface area contributed by atoms with Gasteiger partial charge in [0.1, 0.15) is 0 Å². The van der Waals surface area contributed by atoms with Gasteiger partial charge >= 0.3 is 5.97 Å². The van der Waals surface area contributed by atoms with Gasteiger partial charge in [0, 0.05) is 47.0 Å². The Morgan fingerprint density at radius 2 is 1.83 bits per heavy atom. The Balaban J connectivity index is 1.66. The number of benzene rings is 2. The summed E-state index contributed by atoms with van der Waals surface area (Å²) in [6.45, 7) is 0. The Morgan fingerprint density at radius 3 is 2.50 bits per heavy atom. The lowest BCUT2D eigenvalue weighted by molar-refractivity contribution is -0.121. The van der Waals surface area contributed by atoms with Gasteiger partial charge in [-0.25, -0.2) is 4.79 Å². The van der Waals surface area contributed by atoms with Crippen molar-refractivity contribution in [3.8, 4) is 11.1 Å². The van der Waals surface area contributed by atoms with Crippen molar-refractivity contribution < 1.29 is 14.3 Å². The molecular formula is C28H22BrClN2O4. The van der Waals surface area contributed by atoms with E-state index in [1.165, 1.54) is 17.7 Å². The van der Waals surface area contributed by atoms with Crippen molar-refractivity contribution in [1.29, 1.82) is 0 Å². The topological polar surface area (TPSA) is 78.3 Å². The van der Waals surface area contributed by atoms with Gasteiger partial charge < -0.3 is 9.30 Å². The van der Waals surface area contributed by atoms with E-state index in [2.05, 4.69) is 20.9 Å². The highest BCUT2D eigenvalue weighted by molar-refractivity contribution is 9.10. The number of aromatic nitrogens is 2. The Labute approximate surface area is 221 Å². The van der Waals surface area contributed by atoms with E-state index in [1.54, 1.807) is 67.1 Å². The highest BCUT2D eigenvalue weighted by atomic mass is 79.9. The molecule has 0 saturated carbocycles. The van der Waals surface area contributed by atoms with Crippen molar-refractivity contribution in [2.24, 2.45) is 0 Å². The van der Waals surface area contributed by atoms with Gasteiger partial charge in [0.25, 0.3) is 5.56 Å². The van der Waals surface area contributed by atoms with Crippen LogP contribution in [-0.4, -0.2) is 28.4 Å². The number of Topliss-reactive ketones (excluding diaryl/α,β-unsaturated/α-hetero) is 1. The maximum absolute atomic E-state index is 13.5. The van der Waals surface area contributed by atoms with Crippen LogP contribution in [0, 0.1) is 0 Å². The van der Waals surface area contributed by atoms with Crippen LogP contribution in [0.25, 0.3) is 11.1 Å². The quantitative estimate of drug-likeness (QED) is 0.256. The van der Waals surface area contributed by atoms with Crippen LogP contribution in [0.3, 0.4) is 0 Å². The number of ether oxygens (including phenoxy) is 1. The molecule has 0 spiro atoms. The summed E-state index contributed by atoms with van der Waals surface area (Å²) < 4.78 is 6.99. The molecule has 0 aliphatic rings. The lowest BCUT2D eigenvalue weighted by Crippen LogP contribution is -2.31. The number of halogens is 2. The summed E-state index contributed by atoms with van der Waals surface area (Å²) in [4.78, 5) is 42.6. The van der Waals surface area contributed by atoms with Crippen molar-refractivity contribution >= 4 is 39.3 Å². The average molecular weight is 566 g/mol. The first-order valence-corrected chi connectivity index (χ1v) is 12.3. The molecule has 8 heteroatoms. The number of ketones is 1. The number of nitrogens with zero attached hydrogens (tertiary/aromatic N) is 2. The minimum absolute atomic E-state index is 0.0976. The van der Waals surface area contributed by atoms with Crippen LogP contribution in [0.1, 0.15) is 27.5 Å². The number of pyridine rings is 2. The normalized spacial score (nSPS) is 11.6. The SMILES string of the molecule is COC(=O)c1ccc(CC(=O)C(Cc2cccnc2)n2ccc(-c3cc(Cl)ccc3Br)cc2=O)cc1. The molecule has 0 amide bonds. The Bertz CT molecular complexity index is 1450. The Hall–Kier alpha value is -3.55. The molecule has 0 fully saturated rings. The second kappa shape index (κ2) is 11.5. The molecule has 0 N–H and O–H groups in total. The maximum Gasteiger partial charge on any atom is 0.337 e. The first kappa shape index (κ1) is 25.5. The van der Waals surface area contributed by atoms with Crippen molar-refractivity contribution in [3.05, 3.63) is 122 Å². The van der Waals surface area contributed by atoms with E-state index in [0.717, 1.165) is 21.2 Å². The van der Waals surface area contributed by atoms with E-state index in [-0.39, 0.29) is 17.8 Å². The number of carbonyl (C=O) groups is 2. The molecule has 36 heavy (non-hydrogen) atoms. The summed E-state index contributed by atoms with van der Waals surface area (Å²) in [5.74, 6) is -0.580. The van der Waals surface area contributed by atoms with Crippen LogP contribution in [0.5, 0.6) is 0 Å². The molecule has 2 aromatic heterocycles. The van der Waals surface area contributed by atoms with Crippen LogP contribution in [0.15, 0.2) is 94.6 Å². The van der Waals surface area contributed by atoms with Gasteiger partial charge in [-0.05, 0) is 64.7 Å². The zero-order valence-corrected chi connectivity index (χ0v) is 21.7. The van der Waals surface area contributed by atoms with Crippen LogP contribution in [0.2, 0.25) is 5.02 Å².